The molecule has 0 saturated carbocycles. The summed E-state index contributed by atoms with van der Waals surface area (Å²) in [6, 6.07) is 19.9. The summed E-state index contributed by atoms with van der Waals surface area (Å²) in [5, 5.41) is 3.67. The van der Waals surface area contributed by atoms with Gasteiger partial charge in [0.2, 0.25) is 0 Å². The minimum Gasteiger partial charge on any atom is -0.382 e. The maximum absolute atomic E-state index is 3.67. The van der Waals surface area contributed by atoms with Crippen molar-refractivity contribution in [3.8, 4) is 0 Å². The molecule has 0 spiro atoms. The zero-order chi connectivity index (χ0) is 15.1. The average molecular weight is 282 g/mol. The van der Waals surface area contributed by atoms with Gasteiger partial charge in [0, 0.05) is 18.3 Å². The molecule has 0 aliphatic rings. The van der Waals surface area contributed by atoms with Crippen molar-refractivity contribution in [2.45, 2.75) is 32.4 Å². The van der Waals surface area contributed by atoms with Gasteiger partial charge in [-0.15, -0.1) is 0 Å². The monoisotopic (exact) mass is 282 g/mol. The maximum atomic E-state index is 3.67. The fourth-order valence-electron chi connectivity index (χ4n) is 2.56. The Hall–Kier alpha value is -1.80. The van der Waals surface area contributed by atoms with Crippen LogP contribution >= 0.6 is 0 Å². The predicted octanol–water partition coefficient (Wildman–Crippen LogP) is 4.18. The lowest BCUT2D eigenvalue weighted by Gasteiger charge is -2.19. The lowest BCUT2D eigenvalue weighted by Crippen LogP contribution is -2.21. The van der Waals surface area contributed by atoms with Crippen molar-refractivity contribution in [2.75, 3.05) is 19.4 Å². The van der Waals surface area contributed by atoms with Gasteiger partial charge in [-0.05, 0) is 50.2 Å². The van der Waals surface area contributed by atoms with Crippen molar-refractivity contribution in [1.82, 2.24) is 4.90 Å². The summed E-state index contributed by atoms with van der Waals surface area (Å²) in [5.74, 6) is 0. The summed E-state index contributed by atoms with van der Waals surface area (Å²) in [4.78, 5) is 2.19. The van der Waals surface area contributed by atoms with E-state index in [0.717, 1.165) is 19.4 Å². The van der Waals surface area contributed by atoms with Crippen LogP contribution < -0.4 is 5.32 Å². The standard InChI is InChI=1S/C19H26N2/c1-4-18(13-16-9-6-5-7-10-16)20-19-12-8-11-17(14-19)15-21(2)3/h5-12,14,18,20H,4,13,15H2,1-3H3. The van der Waals surface area contributed by atoms with Crippen molar-refractivity contribution in [3.63, 3.8) is 0 Å². The summed E-state index contributed by atoms with van der Waals surface area (Å²) in [7, 11) is 4.20. The molecule has 1 N–H and O–H groups in total. The molecule has 2 rings (SSSR count). The van der Waals surface area contributed by atoms with Crippen LogP contribution in [0.15, 0.2) is 54.6 Å². The van der Waals surface area contributed by atoms with E-state index in [1.165, 1.54) is 16.8 Å². The van der Waals surface area contributed by atoms with Crippen LogP contribution in [0.4, 0.5) is 5.69 Å². The first-order valence-corrected chi connectivity index (χ1v) is 7.71. The maximum Gasteiger partial charge on any atom is 0.0345 e. The molecule has 1 atom stereocenters. The predicted molar refractivity (Wildman–Crippen MR) is 91.7 cm³/mol. The number of hydrogen-bond donors (Lipinski definition) is 1. The second-order valence-electron chi connectivity index (χ2n) is 5.88. The van der Waals surface area contributed by atoms with Gasteiger partial charge in [-0.1, -0.05) is 49.4 Å². The van der Waals surface area contributed by atoms with Crippen LogP contribution in [0.3, 0.4) is 0 Å². The van der Waals surface area contributed by atoms with Gasteiger partial charge in [-0.25, -0.2) is 0 Å². The minimum absolute atomic E-state index is 0.474. The molecule has 0 aromatic heterocycles. The molecule has 2 aromatic carbocycles. The van der Waals surface area contributed by atoms with Crippen molar-refractivity contribution in [2.24, 2.45) is 0 Å². The van der Waals surface area contributed by atoms with E-state index >= 15 is 0 Å². The molecule has 0 heterocycles. The van der Waals surface area contributed by atoms with E-state index in [1.54, 1.807) is 0 Å². The molecule has 1 unspecified atom stereocenters. The first-order valence-electron chi connectivity index (χ1n) is 7.71. The van der Waals surface area contributed by atoms with Gasteiger partial charge >= 0.3 is 0 Å². The first kappa shape index (κ1) is 15.6. The second kappa shape index (κ2) is 7.84. The first-order chi connectivity index (χ1) is 10.2. The third-order valence-corrected chi connectivity index (χ3v) is 3.61. The van der Waals surface area contributed by atoms with Crippen LogP contribution in [0.1, 0.15) is 24.5 Å². The van der Waals surface area contributed by atoms with E-state index in [1.807, 2.05) is 0 Å². The molecule has 0 saturated heterocycles. The van der Waals surface area contributed by atoms with Crippen LogP contribution in [0.25, 0.3) is 0 Å². The average Bonchev–Trinajstić information content (AvgIpc) is 2.47. The number of nitrogens with zero attached hydrogens (tertiary/aromatic N) is 1. The van der Waals surface area contributed by atoms with Gasteiger partial charge in [0.15, 0.2) is 0 Å². The lowest BCUT2D eigenvalue weighted by atomic mass is 10.0. The van der Waals surface area contributed by atoms with Crippen LogP contribution in [-0.2, 0) is 13.0 Å². The molecule has 2 heteroatoms. The Morgan fingerprint density at radius 1 is 0.952 bits per heavy atom. The van der Waals surface area contributed by atoms with Gasteiger partial charge < -0.3 is 10.2 Å². The summed E-state index contributed by atoms with van der Waals surface area (Å²) < 4.78 is 0. The van der Waals surface area contributed by atoms with Crippen LogP contribution in [-0.4, -0.2) is 25.0 Å². The van der Waals surface area contributed by atoms with E-state index < -0.39 is 0 Å². The Balaban J connectivity index is 2.01. The Morgan fingerprint density at radius 3 is 2.33 bits per heavy atom. The number of rotatable bonds is 7. The molecule has 2 nitrogen and oxygen atoms in total. The third kappa shape index (κ3) is 5.24. The van der Waals surface area contributed by atoms with Gasteiger partial charge in [-0.3, -0.25) is 0 Å². The molecule has 0 fully saturated rings. The summed E-state index contributed by atoms with van der Waals surface area (Å²) in [6.45, 7) is 3.22. The van der Waals surface area contributed by atoms with E-state index in [4.69, 9.17) is 0 Å². The summed E-state index contributed by atoms with van der Waals surface area (Å²) >= 11 is 0. The highest BCUT2D eigenvalue weighted by atomic mass is 15.0. The number of hydrogen-bond acceptors (Lipinski definition) is 2. The van der Waals surface area contributed by atoms with E-state index in [9.17, 15) is 0 Å². The molecule has 0 amide bonds. The Morgan fingerprint density at radius 2 is 1.67 bits per heavy atom. The molecule has 0 aliphatic carbocycles. The number of benzene rings is 2. The normalized spacial score (nSPS) is 12.4. The number of nitrogens with one attached hydrogen (secondary N) is 1. The molecular weight excluding hydrogens is 256 g/mol. The molecule has 0 bridgehead atoms. The topological polar surface area (TPSA) is 15.3 Å². The Kier molecular flexibility index (Phi) is 5.82. The summed E-state index contributed by atoms with van der Waals surface area (Å²) in [5.41, 5.74) is 3.96. The van der Waals surface area contributed by atoms with Crippen molar-refractivity contribution >= 4 is 5.69 Å². The highest BCUT2D eigenvalue weighted by Gasteiger charge is 2.07. The molecule has 0 aliphatic heterocycles. The number of anilines is 1. The lowest BCUT2D eigenvalue weighted by molar-refractivity contribution is 0.402. The molecule has 0 radical (unpaired) electrons. The van der Waals surface area contributed by atoms with Gasteiger partial charge in [0.1, 0.15) is 0 Å². The van der Waals surface area contributed by atoms with E-state index in [-0.39, 0.29) is 0 Å². The minimum atomic E-state index is 0.474. The molecular formula is C19H26N2. The largest absolute Gasteiger partial charge is 0.382 e. The SMILES string of the molecule is CCC(Cc1ccccc1)Nc1cccc(CN(C)C)c1. The van der Waals surface area contributed by atoms with Crippen LogP contribution in [0, 0.1) is 0 Å². The summed E-state index contributed by atoms with van der Waals surface area (Å²) in [6.07, 6.45) is 2.18. The zero-order valence-electron chi connectivity index (χ0n) is 13.3. The third-order valence-electron chi connectivity index (χ3n) is 3.61. The Labute approximate surface area is 128 Å². The van der Waals surface area contributed by atoms with Gasteiger partial charge in [0.25, 0.3) is 0 Å². The van der Waals surface area contributed by atoms with Gasteiger partial charge in [0.05, 0.1) is 0 Å². The quantitative estimate of drug-likeness (QED) is 0.819. The van der Waals surface area contributed by atoms with Gasteiger partial charge in [-0.2, -0.15) is 0 Å². The molecule has 21 heavy (non-hydrogen) atoms. The second-order valence-corrected chi connectivity index (χ2v) is 5.88. The zero-order valence-corrected chi connectivity index (χ0v) is 13.3. The smallest absolute Gasteiger partial charge is 0.0345 e. The van der Waals surface area contributed by atoms with E-state index in [2.05, 4.69) is 85.8 Å². The fraction of sp³-hybridized carbons (Fsp3) is 0.368. The van der Waals surface area contributed by atoms with Crippen molar-refractivity contribution < 1.29 is 0 Å². The van der Waals surface area contributed by atoms with E-state index in [0.29, 0.717) is 6.04 Å². The van der Waals surface area contributed by atoms with Crippen LogP contribution in [0.5, 0.6) is 0 Å². The Bertz CT molecular complexity index is 534. The van der Waals surface area contributed by atoms with Crippen LogP contribution in [0.2, 0.25) is 0 Å². The fourth-order valence-corrected chi connectivity index (χ4v) is 2.56. The highest BCUT2D eigenvalue weighted by molar-refractivity contribution is 5.46. The van der Waals surface area contributed by atoms with Crippen molar-refractivity contribution in [3.05, 3.63) is 65.7 Å². The molecule has 112 valence electrons. The highest BCUT2D eigenvalue weighted by Crippen LogP contribution is 2.16. The molecule has 2 aromatic rings. The van der Waals surface area contributed by atoms with Crippen molar-refractivity contribution in [1.29, 1.82) is 0 Å².